The van der Waals surface area contributed by atoms with E-state index in [1.807, 2.05) is 17.0 Å². The van der Waals surface area contributed by atoms with Crippen LogP contribution in [0.15, 0.2) is 48.8 Å². The van der Waals surface area contributed by atoms with E-state index in [0.717, 1.165) is 62.4 Å². The van der Waals surface area contributed by atoms with Crippen LogP contribution in [0.4, 0.5) is 11.4 Å². The predicted molar refractivity (Wildman–Crippen MR) is 143 cm³/mol. The number of halogens is 3. The molecular formula is C24H32Cl3N5O. The Kier molecular flexibility index (Phi) is 10.3. The van der Waals surface area contributed by atoms with Gasteiger partial charge in [0, 0.05) is 38.4 Å². The van der Waals surface area contributed by atoms with Gasteiger partial charge in [-0.05, 0) is 43.1 Å². The molecule has 6 nitrogen and oxygen atoms in total. The molecule has 0 unspecified atom stereocenters. The first-order valence-electron chi connectivity index (χ1n) is 11.1. The van der Waals surface area contributed by atoms with E-state index in [1.165, 1.54) is 24.1 Å². The zero-order chi connectivity index (χ0) is 20.3. The highest BCUT2D eigenvalue weighted by Crippen LogP contribution is 2.29. The van der Waals surface area contributed by atoms with Gasteiger partial charge in [0.05, 0.1) is 24.0 Å². The van der Waals surface area contributed by atoms with E-state index < -0.39 is 0 Å². The number of hydrogen-bond acceptors (Lipinski definition) is 4. The third-order valence-electron chi connectivity index (χ3n) is 6.42. The molecule has 0 bridgehead atoms. The van der Waals surface area contributed by atoms with Crippen molar-refractivity contribution in [2.75, 3.05) is 49.1 Å². The molecule has 1 amide bonds. The summed E-state index contributed by atoms with van der Waals surface area (Å²) in [5.41, 5.74) is 5.71. The van der Waals surface area contributed by atoms with E-state index in [4.69, 9.17) is 0 Å². The van der Waals surface area contributed by atoms with Crippen molar-refractivity contribution >= 4 is 65.5 Å². The summed E-state index contributed by atoms with van der Waals surface area (Å²) in [7, 11) is 0. The molecule has 2 aromatic carbocycles. The smallest absolute Gasteiger partial charge is 0.231 e. The zero-order valence-corrected chi connectivity index (χ0v) is 21.1. The van der Waals surface area contributed by atoms with Crippen LogP contribution >= 0.6 is 37.2 Å². The Bertz CT molecular complexity index is 1040. The lowest BCUT2D eigenvalue weighted by atomic mass is 10.1. The number of carbonyl (C=O) groups is 1. The minimum atomic E-state index is 0. The Labute approximate surface area is 214 Å². The first-order valence-corrected chi connectivity index (χ1v) is 11.1. The minimum absolute atomic E-state index is 0. The Hall–Kier alpha value is -1.99. The molecule has 2 aliphatic heterocycles. The Balaban J connectivity index is 0.00000128. The molecule has 1 saturated heterocycles. The summed E-state index contributed by atoms with van der Waals surface area (Å²) in [5, 5.41) is 0. The number of imidazole rings is 1. The van der Waals surface area contributed by atoms with E-state index in [-0.39, 0.29) is 43.1 Å². The fourth-order valence-electron chi connectivity index (χ4n) is 4.76. The SMILES string of the molecule is Cl.Cl.Cl.O=C1Cc2ccccc2N1CCCCCN1CCN(c2cccc3[nH]cnc23)CC1. The Morgan fingerprint density at radius 1 is 0.818 bits per heavy atom. The molecule has 0 saturated carbocycles. The summed E-state index contributed by atoms with van der Waals surface area (Å²) in [6.45, 7) is 6.27. The molecule has 0 atom stereocenters. The number of nitrogens with zero attached hydrogens (tertiary/aromatic N) is 4. The van der Waals surface area contributed by atoms with Crippen molar-refractivity contribution in [2.24, 2.45) is 0 Å². The molecule has 9 heteroatoms. The normalized spacial score (nSPS) is 15.6. The van der Waals surface area contributed by atoms with E-state index in [9.17, 15) is 4.79 Å². The van der Waals surface area contributed by atoms with Gasteiger partial charge in [0.1, 0.15) is 5.52 Å². The van der Waals surface area contributed by atoms with Crippen molar-refractivity contribution < 1.29 is 4.79 Å². The van der Waals surface area contributed by atoms with Crippen molar-refractivity contribution in [1.82, 2.24) is 14.9 Å². The fraction of sp³-hybridized carbons (Fsp3) is 0.417. The molecule has 3 aromatic rings. The third kappa shape index (κ3) is 5.93. The number of amides is 1. The molecule has 1 N–H and O–H groups in total. The largest absolute Gasteiger partial charge is 0.367 e. The summed E-state index contributed by atoms with van der Waals surface area (Å²) >= 11 is 0. The molecule has 3 heterocycles. The van der Waals surface area contributed by atoms with Crippen LogP contribution in [0, 0.1) is 0 Å². The number of anilines is 2. The first-order chi connectivity index (χ1) is 14.8. The lowest BCUT2D eigenvalue weighted by Gasteiger charge is -2.36. The topological polar surface area (TPSA) is 55.5 Å². The highest BCUT2D eigenvalue weighted by atomic mass is 35.5. The van der Waals surface area contributed by atoms with Gasteiger partial charge in [-0.1, -0.05) is 30.7 Å². The number of H-pyrrole nitrogens is 1. The van der Waals surface area contributed by atoms with Crippen LogP contribution < -0.4 is 9.80 Å². The van der Waals surface area contributed by atoms with Crippen LogP contribution in [0.3, 0.4) is 0 Å². The van der Waals surface area contributed by atoms with Crippen molar-refractivity contribution in [3.05, 3.63) is 54.4 Å². The second-order valence-corrected chi connectivity index (χ2v) is 8.32. The number of rotatable bonds is 7. The Morgan fingerprint density at radius 3 is 2.36 bits per heavy atom. The number of para-hydroxylation sites is 2. The van der Waals surface area contributed by atoms with E-state index in [2.05, 4.69) is 50.1 Å². The van der Waals surface area contributed by atoms with Crippen LogP contribution in [0.5, 0.6) is 0 Å². The average molecular weight is 513 g/mol. The Morgan fingerprint density at radius 2 is 1.55 bits per heavy atom. The van der Waals surface area contributed by atoms with Gasteiger partial charge in [-0.2, -0.15) is 0 Å². The maximum atomic E-state index is 12.3. The van der Waals surface area contributed by atoms with Crippen LogP contribution in [-0.2, 0) is 11.2 Å². The van der Waals surface area contributed by atoms with Gasteiger partial charge >= 0.3 is 0 Å². The van der Waals surface area contributed by atoms with Crippen molar-refractivity contribution in [2.45, 2.75) is 25.7 Å². The van der Waals surface area contributed by atoms with Crippen molar-refractivity contribution in [3.63, 3.8) is 0 Å². The fourth-order valence-corrected chi connectivity index (χ4v) is 4.76. The quantitative estimate of drug-likeness (QED) is 0.466. The van der Waals surface area contributed by atoms with Gasteiger partial charge in [0.25, 0.3) is 0 Å². The van der Waals surface area contributed by atoms with Gasteiger partial charge in [0.2, 0.25) is 5.91 Å². The molecule has 1 aromatic heterocycles. The monoisotopic (exact) mass is 511 g/mol. The number of hydrogen-bond donors (Lipinski definition) is 1. The number of benzene rings is 2. The van der Waals surface area contributed by atoms with Crippen LogP contribution in [-0.4, -0.2) is 60.0 Å². The number of nitrogens with one attached hydrogen (secondary N) is 1. The molecule has 2 aliphatic rings. The van der Waals surface area contributed by atoms with E-state index in [0.29, 0.717) is 6.42 Å². The lowest BCUT2D eigenvalue weighted by Crippen LogP contribution is -2.46. The summed E-state index contributed by atoms with van der Waals surface area (Å²) in [6.07, 6.45) is 5.77. The van der Waals surface area contributed by atoms with Gasteiger partial charge in [-0.3, -0.25) is 9.69 Å². The molecule has 0 aliphatic carbocycles. The van der Waals surface area contributed by atoms with Gasteiger partial charge in [-0.15, -0.1) is 37.2 Å². The number of carbonyl (C=O) groups excluding carboxylic acids is 1. The minimum Gasteiger partial charge on any atom is -0.367 e. The van der Waals surface area contributed by atoms with E-state index >= 15 is 0 Å². The number of aromatic amines is 1. The van der Waals surface area contributed by atoms with Crippen LogP contribution in [0.1, 0.15) is 24.8 Å². The molecular weight excluding hydrogens is 481 g/mol. The maximum Gasteiger partial charge on any atom is 0.231 e. The predicted octanol–water partition coefficient (Wildman–Crippen LogP) is 4.71. The second-order valence-electron chi connectivity index (χ2n) is 8.32. The number of fused-ring (bicyclic) bond motifs is 2. The number of aromatic nitrogens is 2. The van der Waals surface area contributed by atoms with E-state index in [1.54, 1.807) is 6.33 Å². The standard InChI is InChI=1S/C24H29N5O.3ClH/c30-23-17-19-7-2-3-9-21(19)29(23)12-5-1-4-11-27-13-15-28(16-14-27)22-10-6-8-20-24(22)26-18-25-20;;;/h2-3,6-10,18H,1,4-5,11-17H2,(H,25,26);3*1H. The van der Waals surface area contributed by atoms with Crippen LogP contribution in [0.25, 0.3) is 11.0 Å². The summed E-state index contributed by atoms with van der Waals surface area (Å²) < 4.78 is 0. The molecule has 33 heavy (non-hydrogen) atoms. The molecule has 180 valence electrons. The second kappa shape index (κ2) is 12.5. The third-order valence-corrected chi connectivity index (χ3v) is 6.42. The molecule has 0 spiro atoms. The molecule has 5 rings (SSSR count). The van der Waals surface area contributed by atoms with Gasteiger partial charge < -0.3 is 14.8 Å². The highest BCUT2D eigenvalue weighted by molar-refractivity contribution is 6.01. The van der Waals surface area contributed by atoms with Crippen molar-refractivity contribution in [1.29, 1.82) is 0 Å². The first kappa shape index (κ1) is 27.3. The maximum absolute atomic E-state index is 12.3. The molecule has 0 radical (unpaired) electrons. The zero-order valence-electron chi connectivity index (χ0n) is 18.6. The highest BCUT2D eigenvalue weighted by Gasteiger charge is 2.26. The average Bonchev–Trinajstić information content (AvgIpc) is 3.38. The van der Waals surface area contributed by atoms with Crippen molar-refractivity contribution in [3.8, 4) is 0 Å². The summed E-state index contributed by atoms with van der Waals surface area (Å²) in [5.74, 6) is 0.249. The molecule has 1 fully saturated rings. The van der Waals surface area contributed by atoms with Gasteiger partial charge in [0.15, 0.2) is 0 Å². The lowest BCUT2D eigenvalue weighted by molar-refractivity contribution is -0.117. The summed E-state index contributed by atoms with van der Waals surface area (Å²) in [4.78, 5) is 27.0. The number of unbranched alkanes of at least 4 members (excludes halogenated alkanes) is 2. The summed E-state index contributed by atoms with van der Waals surface area (Å²) in [6, 6.07) is 14.5. The number of piperazine rings is 1. The van der Waals surface area contributed by atoms with Gasteiger partial charge in [-0.25, -0.2) is 4.98 Å². The van der Waals surface area contributed by atoms with Crippen LogP contribution in [0.2, 0.25) is 0 Å².